The van der Waals surface area contributed by atoms with Gasteiger partial charge in [-0.15, -0.1) is 0 Å². The second kappa shape index (κ2) is 8.02. The van der Waals surface area contributed by atoms with Gasteiger partial charge in [-0.1, -0.05) is 42.1 Å². The van der Waals surface area contributed by atoms with Crippen molar-refractivity contribution in [1.82, 2.24) is 4.57 Å². The summed E-state index contributed by atoms with van der Waals surface area (Å²) in [5, 5.41) is 11.7. The molecule has 3 aromatic carbocycles. The van der Waals surface area contributed by atoms with Gasteiger partial charge in [-0.25, -0.2) is 9.18 Å². The van der Waals surface area contributed by atoms with Crippen LogP contribution in [0.25, 0.3) is 21.9 Å². The van der Waals surface area contributed by atoms with Gasteiger partial charge in [-0.3, -0.25) is 9.36 Å². The Hall–Kier alpha value is -4.04. The molecule has 1 aliphatic heterocycles. The number of ether oxygens (including phenoxy) is 1. The van der Waals surface area contributed by atoms with Gasteiger partial charge in [0.2, 0.25) is 0 Å². The Balaban J connectivity index is 1.62. The fourth-order valence-corrected chi connectivity index (χ4v) is 5.64. The van der Waals surface area contributed by atoms with Gasteiger partial charge in [0.1, 0.15) is 21.8 Å². The summed E-state index contributed by atoms with van der Waals surface area (Å²) in [6.45, 7) is 0. The molecule has 1 aliphatic rings. The number of aromatic hydroxyl groups is 1. The third kappa shape index (κ3) is 3.32. The first-order valence-electron chi connectivity index (χ1n) is 10.9. The number of aromatic nitrogens is 1. The van der Waals surface area contributed by atoms with Gasteiger partial charge < -0.3 is 14.3 Å². The maximum absolute atomic E-state index is 13.8. The van der Waals surface area contributed by atoms with E-state index in [0.717, 1.165) is 22.9 Å². The van der Waals surface area contributed by atoms with Gasteiger partial charge in [0.15, 0.2) is 11.3 Å². The topological polar surface area (TPSA) is 81.7 Å². The molecule has 8 heteroatoms. The molecule has 5 aromatic rings. The molecule has 1 N–H and O–H groups in total. The SMILES string of the molecule is COc1cccc(Sc2c(O)c3c(=O)n4c5c(cccc5c3oc2=O)CC4c2ccc(F)cc2)c1. The molecule has 0 spiro atoms. The van der Waals surface area contributed by atoms with E-state index in [0.29, 0.717) is 28.0 Å². The van der Waals surface area contributed by atoms with Crippen molar-refractivity contribution in [3.8, 4) is 11.5 Å². The summed E-state index contributed by atoms with van der Waals surface area (Å²) in [7, 11) is 1.53. The molecule has 0 bridgehead atoms. The Bertz CT molecular complexity index is 1760. The molecular weight excluding hydrogens is 469 g/mol. The highest BCUT2D eigenvalue weighted by Gasteiger charge is 2.31. The zero-order valence-corrected chi connectivity index (χ0v) is 19.3. The smallest absolute Gasteiger partial charge is 0.354 e. The van der Waals surface area contributed by atoms with Gasteiger partial charge in [-0.05, 0) is 53.9 Å². The zero-order valence-electron chi connectivity index (χ0n) is 18.4. The number of benzene rings is 3. The van der Waals surface area contributed by atoms with Crippen LogP contribution in [0.4, 0.5) is 4.39 Å². The van der Waals surface area contributed by atoms with Gasteiger partial charge >= 0.3 is 5.63 Å². The molecule has 0 saturated heterocycles. The molecule has 0 fully saturated rings. The molecule has 1 unspecified atom stereocenters. The predicted octanol–water partition coefficient (Wildman–Crippen LogP) is 5.26. The fraction of sp³-hybridized carbons (Fsp3) is 0.111. The number of pyridine rings is 1. The number of hydrogen-bond donors (Lipinski definition) is 1. The first-order valence-corrected chi connectivity index (χ1v) is 11.7. The highest BCUT2D eigenvalue weighted by atomic mass is 32.2. The van der Waals surface area contributed by atoms with Crippen LogP contribution in [0.2, 0.25) is 0 Å². The van der Waals surface area contributed by atoms with E-state index in [-0.39, 0.29) is 27.7 Å². The van der Waals surface area contributed by atoms with E-state index < -0.39 is 16.9 Å². The van der Waals surface area contributed by atoms with Crippen LogP contribution in [0, 0.1) is 5.82 Å². The first kappa shape index (κ1) is 21.5. The summed E-state index contributed by atoms with van der Waals surface area (Å²) in [6, 6.07) is 18.2. The van der Waals surface area contributed by atoms with E-state index >= 15 is 0 Å². The van der Waals surface area contributed by atoms with E-state index in [1.807, 2.05) is 12.1 Å². The fourth-order valence-electron chi connectivity index (χ4n) is 4.76. The number of fused-ring (bicyclic) bond motifs is 2. The van der Waals surface area contributed by atoms with E-state index in [1.165, 1.54) is 19.2 Å². The highest BCUT2D eigenvalue weighted by Crippen LogP contribution is 2.41. The van der Waals surface area contributed by atoms with Crippen molar-refractivity contribution >= 4 is 33.6 Å². The first-order chi connectivity index (χ1) is 17.0. The van der Waals surface area contributed by atoms with Crippen molar-refractivity contribution in [2.75, 3.05) is 7.11 Å². The van der Waals surface area contributed by atoms with Crippen LogP contribution >= 0.6 is 11.8 Å². The number of rotatable bonds is 4. The van der Waals surface area contributed by atoms with Crippen LogP contribution in [0.5, 0.6) is 11.5 Å². The number of methoxy groups -OCH3 is 1. The predicted molar refractivity (Wildman–Crippen MR) is 131 cm³/mol. The van der Waals surface area contributed by atoms with Crippen molar-refractivity contribution in [2.24, 2.45) is 0 Å². The zero-order chi connectivity index (χ0) is 24.3. The minimum Gasteiger partial charge on any atom is -0.505 e. The molecule has 174 valence electrons. The summed E-state index contributed by atoms with van der Waals surface area (Å²) in [4.78, 5) is 27.3. The lowest BCUT2D eigenvalue weighted by Gasteiger charge is -2.17. The molecule has 2 aromatic heterocycles. The summed E-state index contributed by atoms with van der Waals surface area (Å²) < 4.78 is 26.1. The lowest BCUT2D eigenvalue weighted by Crippen LogP contribution is -2.24. The second-order valence-corrected chi connectivity index (χ2v) is 9.40. The number of hydrogen-bond acceptors (Lipinski definition) is 6. The van der Waals surface area contributed by atoms with Crippen LogP contribution in [-0.2, 0) is 6.42 Å². The third-order valence-corrected chi connectivity index (χ3v) is 7.39. The maximum Gasteiger partial charge on any atom is 0.354 e. The van der Waals surface area contributed by atoms with Crippen molar-refractivity contribution < 1.29 is 18.7 Å². The summed E-state index contributed by atoms with van der Waals surface area (Å²) in [5.41, 5.74) is 1.18. The Kier molecular flexibility index (Phi) is 4.93. The van der Waals surface area contributed by atoms with E-state index in [9.17, 15) is 19.1 Å². The van der Waals surface area contributed by atoms with E-state index in [1.54, 1.807) is 47.0 Å². The lowest BCUT2D eigenvalue weighted by molar-refractivity contribution is 0.413. The number of para-hydroxylation sites is 1. The molecular formula is C27H18FNO5S. The average molecular weight is 488 g/mol. The van der Waals surface area contributed by atoms with E-state index in [4.69, 9.17) is 9.15 Å². The van der Waals surface area contributed by atoms with Crippen LogP contribution in [0.1, 0.15) is 17.2 Å². The Morgan fingerprint density at radius 3 is 2.63 bits per heavy atom. The summed E-state index contributed by atoms with van der Waals surface area (Å²) in [6.07, 6.45) is 0.519. The molecule has 0 radical (unpaired) electrons. The van der Waals surface area contributed by atoms with Gasteiger partial charge in [0, 0.05) is 10.3 Å². The average Bonchev–Trinajstić information content (AvgIpc) is 3.26. The number of nitrogens with zero attached hydrogens (tertiary/aromatic N) is 1. The quantitative estimate of drug-likeness (QED) is 0.349. The monoisotopic (exact) mass is 487 g/mol. The van der Waals surface area contributed by atoms with Gasteiger partial charge in [0.25, 0.3) is 5.56 Å². The maximum atomic E-state index is 13.8. The van der Waals surface area contributed by atoms with Gasteiger partial charge in [-0.2, -0.15) is 0 Å². The van der Waals surface area contributed by atoms with Gasteiger partial charge in [0.05, 0.1) is 18.7 Å². The molecule has 1 atom stereocenters. The number of halogens is 1. The third-order valence-electron chi connectivity index (χ3n) is 6.34. The minimum atomic E-state index is -0.735. The standard InChI is InChI=1S/C27H18FNO5S/c1-33-17-5-3-6-18(13-17)35-25-23(30)21-24(34-27(25)32)19-7-2-4-15-12-20(29(22(15)19)26(21)31)14-8-10-16(28)11-9-14/h2-11,13,20,30H,12H2,1H3. The second-order valence-electron chi connectivity index (χ2n) is 8.31. The lowest BCUT2D eigenvalue weighted by atomic mass is 10.0. The van der Waals surface area contributed by atoms with Crippen LogP contribution < -0.4 is 15.9 Å². The molecule has 0 saturated carbocycles. The van der Waals surface area contributed by atoms with Crippen molar-refractivity contribution in [1.29, 1.82) is 0 Å². The molecule has 0 aliphatic carbocycles. The minimum absolute atomic E-state index is 0.0559. The van der Waals surface area contributed by atoms with Crippen LogP contribution in [-0.4, -0.2) is 16.8 Å². The molecule has 3 heterocycles. The molecule has 6 nitrogen and oxygen atoms in total. The largest absolute Gasteiger partial charge is 0.505 e. The van der Waals surface area contributed by atoms with Crippen LogP contribution in [0.15, 0.2) is 90.5 Å². The summed E-state index contributed by atoms with van der Waals surface area (Å²) in [5.74, 6) is -0.192. The van der Waals surface area contributed by atoms with Crippen LogP contribution in [0.3, 0.4) is 0 Å². The van der Waals surface area contributed by atoms with Crippen molar-refractivity contribution in [3.63, 3.8) is 0 Å². The Morgan fingerprint density at radius 1 is 1.09 bits per heavy atom. The van der Waals surface area contributed by atoms with E-state index in [2.05, 4.69) is 0 Å². The Labute approximate surface area is 202 Å². The highest BCUT2D eigenvalue weighted by molar-refractivity contribution is 7.99. The normalized spacial score (nSPS) is 14.6. The van der Waals surface area contributed by atoms with Crippen molar-refractivity contribution in [2.45, 2.75) is 22.3 Å². The van der Waals surface area contributed by atoms with Crippen molar-refractivity contribution in [3.05, 3.63) is 104 Å². The molecule has 35 heavy (non-hydrogen) atoms. The molecule has 6 rings (SSSR count). The summed E-state index contributed by atoms with van der Waals surface area (Å²) >= 11 is 0.998. The molecule has 0 amide bonds. The Morgan fingerprint density at radius 2 is 1.86 bits per heavy atom.